The number of unbranched alkanes of at least 4 members (excludes halogenated alkanes) is 1. The van der Waals surface area contributed by atoms with E-state index in [2.05, 4.69) is 15.6 Å². The summed E-state index contributed by atoms with van der Waals surface area (Å²) in [7, 11) is 1.65. The fourth-order valence-electron chi connectivity index (χ4n) is 2.99. The minimum Gasteiger partial charge on any atom is -0.382 e. The molecule has 2 rings (SSSR count). The highest BCUT2D eigenvalue weighted by Gasteiger charge is 2.34. The zero-order valence-corrected chi connectivity index (χ0v) is 20.1. The molecule has 0 spiro atoms. The molecule has 30 heavy (non-hydrogen) atoms. The van der Waals surface area contributed by atoms with Crippen molar-refractivity contribution in [1.29, 1.82) is 0 Å². The average Bonchev–Trinajstić information content (AvgIpc) is 2.97. The number of imide groups is 1. The average molecular weight is 532 g/mol. The molecule has 1 aromatic rings. The van der Waals surface area contributed by atoms with Crippen LogP contribution < -0.4 is 10.6 Å². The molecule has 0 radical (unpaired) electrons. The molecule has 2 N–H and O–H groups in total. The van der Waals surface area contributed by atoms with Gasteiger partial charge in [-0.15, -0.1) is 24.0 Å². The number of nitrogens with one attached hydrogen (secondary N) is 2. The van der Waals surface area contributed by atoms with E-state index in [9.17, 15) is 9.59 Å². The second-order valence-electron chi connectivity index (χ2n) is 6.66. The van der Waals surface area contributed by atoms with E-state index in [0.29, 0.717) is 44.0 Å². The third-order valence-electron chi connectivity index (χ3n) is 4.47. The van der Waals surface area contributed by atoms with Crippen molar-refractivity contribution >= 4 is 41.8 Å². The normalized spacial score (nSPS) is 13.3. The van der Waals surface area contributed by atoms with Crippen molar-refractivity contribution in [3.05, 3.63) is 35.4 Å². The Morgan fingerprint density at radius 2 is 1.70 bits per heavy atom. The van der Waals surface area contributed by atoms with E-state index in [1.54, 1.807) is 31.4 Å². The molecule has 0 bridgehead atoms. The zero-order valence-electron chi connectivity index (χ0n) is 17.8. The summed E-state index contributed by atoms with van der Waals surface area (Å²) in [4.78, 5) is 30.5. The van der Waals surface area contributed by atoms with E-state index in [4.69, 9.17) is 9.47 Å². The van der Waals surface area contributed by atoms with Crippen LogP contribution in [0.15, 0.2) is 29.3 Å². The van der Waals surface area contributed by atoms with E-state index in [-0.39, 0.29) is 35.8 Å². The number of guanidine groups is 1. The summed E-state index contributed by atoms with van der Waals surface area (Å²) in [6.45, 7) is 6.50. The van der Waals surface area contributed by atoms with Gasteiger partial charge in [-0.3, -0.25) is 19.5 Å². The highest BCUT2D eigenvalue weighted by molar-refractivity contribution is 14.0. The molecule has 1 heterocycles. The Kier molecular flexibility index (Phi) is 13.3. The first-order valence-electron chi connectivity index (χ1n) is 10.2. The maximum atomic E-state index is 12.3. The number of benzene rings is 1. The van der Waals surface area contributed by atoms with Crippen LogP contribution in [0.4, 0.5) is 0 Å². The summed E-state index contributed by atoms with van der Waals surface area (Å²) in [6.07, 6.45) is 2.42. The molecular formula is C21H33IN4O4. The number of hydrogen-bond donors (Lipinski definition) is 2. The Bertz CT molecular complexity index is 664. The second-order valence-corrected chi connectivity index (χ2v) is 6.66. The van der Waals surface area contributed by atoms with E-state index in [1.165, 1.54) is 4.90 Å². The van der Waals surface area contributed by atoms with Gasteiger partial charge >= 0.3 is 0 Å². The highest BCUT2D eigenvalue weighted by Crippen LogP contribution is 2.22. The van der Waals surface area contributed by atoms with Gasteiger partial charge in [0.25, 0.3) is 11.8 Å². The van der Waals surface area contributed by atoms with Gasteiger partial charge in [-0.05, 0) is 38.3 Å². The van der Waals surface area contributed by atoms with Crippen LogP contribution in [0.25, 0.3) is 0 Å². The number of nitrogens with zero attached hydrogens (tertiary/aromatic N) is 2. The largest absolute Gasteiger partial charge is 0.382 e. The topological polar surface area (TPSA) is 92.3 Å². The summed E-state index contributed by atoms with van der Waals surface area (Å²) >= 11 is 0. The molecule has 2 amide bonds. The summed E-state index contributed by atoms with van der Waals surface area (Å²) in [5, 5.41) is 6.50. The lowest BCUT2D eigenvalue weighted by Gasteiger charge is -2.14. The van der Waals surface area contributed by atoms with Crippen LogP contribution in [0.1, 0.15) is 46.9 Å². The molecule has 0 atom stereocenters. The van der Waals surface area contributed by atoms with Crippen molar-refractivity contribution in [2.75, 3.05) is 53.1 Å². The van der Waals surface area contributed by atoms with Crippen molar-refractivity contribution in [2.45, 2.75) is 26.2 Å². The van der Waals surface area contributed by atoms with Crippen molar-refractivity contribution in [3.63, 3.8) is 0 Å². The first kappa shape index (κ1) is 26.3. The molecule has 8 nitrogen and oxygen atoms in total. The Morgan fingerprint density at radius 3 is 2.33 bits per heavy atom. The van der Waals surface area contributed by atoms with Crippen LogP contribution >= 0.6 is 24.0 Å². The standard InChI is InChI=1S/C21H32N4O4.HI/c1-3-22-21(24-12-8-14-29-16-15-28-2)23-11-6-7-13-25-19(26)17-9-4-5-10-18(17)20(25)27;/h4-5,9-10H,3,6-8,11-16H2,1-2H3,(H2,22,23,24);1H. The molecule has 0 saturated heterocycles. The second kappa shape index (κ2) is 15.1. The first-order valence-corrected chi connectivity index (χ1v) is 10.2. The maximum Gasteiger partial charge on any atom is 0.261 e. The summed E-state index contributed by atoms with van der Waals surface area (Å²) in [5.41, 5.74) is 1.01. The summed E-state index contributed by atoms with van der Waals surface area (Å²) in [6, 6.07) is 6.98. The maximum absolute atomic E-state index is 12.3. The third kappa shape index (κ3) is 8.19. The Hall–Kier alpha value is -1.72. The van der Waals surface area contributed by atoms with Gasteiger partial charge in [0.1, 0.15) is 0 Å². The summed E-state index contributed by atoms with van der Waals surface area (Å²) in [5.74, 6) is 0.382. The van der Waals surface area contributed by atoms with Gasteiger partial charge in [0.05, 0.1) is 24.3 Å². The Balaban J connectivity index is 0.00000450. The van der Waals surface area contributed by atoms with E-state index >= 15 is 0 Å². The predicted octanol–water partition coefficient (Wildman–Crippen LogP) is 2.29. The number of carbonyl (C=O) groups excluding carboxylic acids is 2. The molecule has 0 aromatic heterocycles. The van der Waals surface area contributed by atoms with Crippen molar-refractivity contribution < 1.29 is 19.1 Å². The number of amides is 2. The molecule has 1 aromatic carbocycles. The van der Waals surface area contributed by atoms with E-state index in [1.807, 2.05) is 6.92 Å². The molecule has 0 fully saturated rings. The van der Waals surface area contributed by atoms with Crippen LogP contribution in [-0.4, -0.2) is 75.8 Å². The third-order valence-corrected chi connectivity index (χ3v) is 4.47. The van der Waals surface area contributed by atoms with Crippen LogP contribution in [-0.2, 0) is 9.47 Å². The molecule has 0 aliphatic carbocycles. The molecule has 168 valence electrons. The first-order chi connectivity index (χ1) is 14.2. The van der Waals surface area contributed by atoms with E-state index < -0.39 is 0 Å². The zero-order chi connectivity index (χ0) is 20.9. The molecule has 0 saturated carbocycles. The predicted molar refractivity (Wildman–Crippen MR) is 128 cm³/mol. The summed E-state index contributed by atoms with van der Waals surface area (Å²) < 4.78 is 10.4. The van der Waals surface area contributed by atoms with Gasteiger partial charge in [0.2, 0.25) is 0 Å². The van der Waals surface area contributed by atoms with Crippen molar-refractivity contribution in [3.8, 4) is 0 Å². The molecular weight excluding hydrogens is 499 g/mol. The number of aliphatic imine (C=N–C) groups is 1. The number of halogens is 1. The smallest absolute Gasteiger partial charge is 0.261 e. The lowest BCUT2D eigenvalue weighted by Crippen LogP contribution is -2.38. The van der Waals surface area contributed by atoms with Crippen molar-refractivity contribution in [2.24, 2.45) is 4.99 Å². The van der Waals surface area contributed by atoms with Gasteiger partial charge in [-0.2, -0.15) is 0 Å². The Morgan fingerprint density at radius 1 is 1.00 bits per heavy atom. The van der Waals surface area contributed by atoms with Crippen LogP contribution in [0.3, 0.4) is 0 Å². The van der Waals surface area contributed by atoms with Gasteiger partial charge < -0.3 is 20.1 Å². The number of rotatable bonds is 13. The minimum atomic E-state index is -0.193. The number of ether oxygens (including phenoxy) is 2. The lowest BCUT2D eigenvalue weighted by molar-refractivity contribution is 0.0651. The minimum absolute atomic E-state index is 0. The van der Waals surface area contributed by atoms with Gasteiger partial charge in [0.15, 0.2) is 5.96 Å². The van der Waals surface area contributed by atoms with Crippen LogP contribution in [0, 0.1) is 0 Å². The molecule has 1 aliphatic heterocycles. The Labute approximate surface area is 195 Å². The van der Waals surface area contributed by atoms with Gasteiger partial charge in [-0.25, -0.2) is 0 Å². The fourth-order valence-corrected chi connectivity index (χ4v) is 2.99. The number of carbonyl (C=O) groups is 2. The van der Waals surface area contributed by atoms with Gasteiger partial charge in [-0.1, -0.05) is 12.1 Å². The van der Waals surface area contributed by atoms with Crippen molar-refractivity contribution in [1.82, 2.24) is 15.5 Å². The molecule has 9 heteroatoms. The number of fused-ring (bicyclic) bond motifs is 1. The van der Waals surface area contributed by atoms with E-state index in [0.717, 1.165) is 38.3 Å². The monoisotopic (exact) mass is 532 g/mol. The molecule has 1 aliphatic rings. The van der Waals surface area contributed by atoms with Gasteiger partial charge in [0, 0.05) is 39.9 Å². The van der Waals surface area contributed by atoms with Crippen LogP contribution in [0.2, 0.25) is 0 Å². The number of methoxy groups -OCH3 is 1. The highest BCUT2D eigenvalue weighted by atomic mass is 127. The lowest BCUT2D eigenvalue weighted by atomic mass is 10.1. The SMILES string of the molecule is CCNC(=NCCCOCCOC)NCCCCN1C(=O)c2ccccc2C1=O.I. The van der Waals surface area contributed by atoms with Crippen LogP contribution in [0.5, 0.6) is 0 Å². The fraction of sp³-hybridized carbons (Fsp3) is 0.571. The quantitative estimate of drug-likeness (QED) is 0.133. The molecule has 0 unspecified atom stereocenters. The number of hydrogen-bond acceptors (Lipinski definition) is 5.